The summed E-state index contributed by atoms with van der Waals surface area (Å²) < 4.78 is 5.26. The molecule has 14 heavy (non-hydrogen) atoms. The summed E-state index contributed by atoms with van der Waals surface area (Å²) in [6.07, 6.45) is 5.81. The first-order valence-electron chi connectivity index (χ1n) is 5.72. The Balaban J connectivity index is 1.54. The highest BCUT2D eigenvalue weighted by atomic mass is 32.2. The fraction of sp³-hybridized carbons (Fsp3) is 1.00. The van der Waals surface area contributed by atoms with Crippen molar-refractivity contribution in [2.45, 2.75) is 37.8 Å². The second-order valence-corrected chi connectivity index (χ2v) is 5.71. The Morgan fingerprint density at radius 1 is 1.29 bits per heavy atom. The van der Waals surface area contributed by atoms with E-state index < -0.39 is 0 Å². The first kappa shape index (κ1) is 10.8. The summed E-state index contributed by atoms with van der Waals surface area (Å²) in [5, 5.41) is 3.66. The molecule has 1 saturated heterocycles. The molecule has 2 rings (SSSR count). The zero-order valence-electron chi connectivity index (χ0n) is 9.00. The molecule has 1 aliphatic heterocycles. The van der Waals surface area contributed by atoms with Crippen molar-refractivity contribution in [3.63, 3.8) is 0 Å². The average Bonchev–Trinajstić information content (AvgIpc) is 2.17. The number of hydrogen-bond donors (Lipinski definition) is 1. The summed E-state index contributed by atoms with van der Waals surface area (Å²) in [7, 11) is 1.82. The summed E-state index contributed by atoms with van der Waals surface area (Å²) in [6, 6.07) is 0.745. The molecule has 82 valence electrons. The van der Waals surface area contributed by atoms with Crippen LogP contribution >= 0.6 is 11.8 Å². The molecule has 3 heteroatoms. The predicted octanol–water partition coefficient (Wildman–Crippen LogP) is 1.90. The fourth-order valence-electron chi connectivity index (χ4n) is 2.21. The molecule has 1 aliphatic carbocycles. The van der Waals surface area contributed by atoms with Crippen LogP contribution in [0.5, 0.6) is 0 Å². The molecule has 1 saturated carbocycles. The summed E-state index contributed by atoms with van der Waals surface area (Å²) in [5.41, 5.74) is 0. The van der Waals surface area contributed by atoms with Gasteiger partial charge in [0.05, 0.1) is 6.10 Å². The van der Waals surface area contributed by atoms with Crippen LogP contribution in [0.15, 0.2) is 0 Å². The third kappa shape index (κ3) is 2.88. The van der Waals surface area contributed by atoms with Crippen molar-refractivity contribution >= 4 is 11.8 Å². The van der Waals surface area contributed by atoms with Crippen LogP contribution in [0, 0.1) is 5.92 Å². The molecule has 0 unspecified atom stereocenters. The second kappa shape index (κ2) is 5.38. The number of rotatable bonds is 4. The van der Waals surface area contributed by atoms with Gasteiger partial charge in [0.2, 0.25) is 0 Å². The summed E-state index contributed by atoms with van der Waals surface area (Å²) in [5.74, 6) is 3.69. The largest absolute Gasteiger partial charge is 0.381 e. The molecule has 0 aromatic heterocycles. The molecule has 1 N–H and O–H groups in total. The van der Waals surface area contributed by atoms with Crippen molar-refractivity contribution < 1.29 is 4.74 Å². The van der Waals surface area contributed by atoms with Crippen LogP contribution in [0.4, 0.5) is 0 Å². The van der Waals surface area contributed by atoms with Crippen LogP contribution in [0.2, 0.25) is 0 Å². The van der Waals surface area contributed by atoms with Crippen molar-refractivity contribution in [3.05, 3.63) is 0 Å². The Morgan fingerprint density at radius 2 is 2.00 bits per heavy atom. The van der Waals surface area contributed by atoms with E-state index in [2.05, 4.69) is 17.1 Å². The molecule has 0 bridgehead atoms. The predicted molar refractivity (Wildman–Crippen MR) is 61.9 cm³/mol. The Bertz CT molecular complexity index is 165. The molecule has 0 spiro atoms. The van der Waals surface area contributed by atoms with E-state index in [0.717, 1.165) is 12.0 Å². The highest BCUT2D eigenvalue weighted by Crippen LogP contribution is 2.25. The van der Waals surface area contributed by atoms with Crippen LogP contribution in [0.1, 0.15) is 25.7 Å². The Morgan fingerprint density at radius 3 is 2.64 bits per heavy atom. The topological polar surface area (TPSA) is 21.3 Å². The van der Waals surface area contributed by atoms with Crippen LogP contribution < -0.4 is 5.32 Å². The molecule has 1 heterocycles. The van der Waals surface area contributed by atoms with Gasteiger partial charge in [0.1, 0.15) is 0 Å². The Hall–Kier alpha value is 0.270. The van der Waals surface area contributed by atoms with E-state index in [1.807, 2.05) is 7.11 Å². The quantitative estimate of drug-likeness (QED) is 0.774. The van der Waals surface area contributed by atoms with Crippen LogP contribution in [0.25, 0.3) is 0 Å². The average molecular weight is 215 g/mol. The lowest BCUT2D eigenvalue weighted by atomic mass is 9.88. The molecule has 2 nitrogen and oxygen atoms in total. The van der Waals surface area contributed by atoms with Crippen molar-refractivity contribution in [3.8, 4) is 0 Å². The lowest BCUT2D eigenvalue weighted by Crippen LogP contribution is -2.46. The summed E-state index contributed by atoms with van der Waals surface area (Å²) in [4.78, 5) is 0. The number of thioether (sulfide) groups is 1. The van der Waals surface area contributed by atoms with E-state index in [4.69, 9.17) is 4.74 Å². The summed E-state index contributed by atoms with van der Waals surface area (Å²) in [6.45, 7) is 1.24. The highest BCUT2D eigenvalue weighted by molar-refractivity contribution is 7.99. The van der Waals surface area contributed by atoms with E-state index in [1.165, 1.54) is 43.7 Å². The van der Waals surface area contributed by atoms with Crippen molar-refractivity contribution in [1.82, 2.24) is 5.32 Å². The maximum atomic E-state index is 5.26. The third-order valence-corrected chi connectivity index (χ3v) is 4.51. The van der Waals surface area contributed by atoms with Gasteiger partial charge in [-0.3, -0.25) is 0 Å². The van der Waals surface area contributed by atoms with Gasteiger partial charge in [0, 0.05) is 13.2 Å². The number of methoxy groups -OCH3 is 1. The van der Waals surface area contributed by atoms with Gasteiger partial charge in [-0.15, -0.1) is 0 Å². The maximum absolute atomic E-state index is 5.26. The molecular formula is C11H21NOS. The zero-order chi connectivity index (χ0) is 9.80. The van der Waals surface area contributed by atoms with Crippen LogP contribution in [-0.2, 0) is 4.74 Å². The Labute approximate surface area is 91.2 Å². The normalized spacial score (nSPS) is 34.1. The molecule has 0 radical (unpaired) electrons. The smallest absolute Gasteiger partial charge is 0.0601 e. The second-order valence-electron chi connectivity index (χ2n) is 4.49. The minimum absolute atomic E-state index is 0.536. The first-order valence-corrected chi connectivity index (χ1v) is 6.88. The monoisotopic (exact) mass is 215 g/mol. The molecule has 0 amide bonds. The minimum Gasteiger partial charge on any atom is -0.381 e. The van der Waals surface area contributed by atoms with Crippen molar-refractivity contribution in [2.24, 2.45) is 5.92 Å². The lowest BCUT2D eigenvalue weighted by molar-refractivity contribution is 0.0164. The van der Waals surface area contributed by atoms with Gasteiger partial charge in [-0.05, 0) is 49.7 Å². The van der Waals surface area contributed by atoms with Crippen LogP contribution in [0.3, 0.4) is 0 Å². The minimum atomic E-state index is 0.536. The molecular weight excluding hydrogens is 194 g/mol. The van der Waals surface area contributed by atoms with E-state index in [0.29, 0.717) is 6.10 Å². The fourth-order valence-corrected chi connectivity index (χ4v) is 3.41. The molecule has 2 aliphatic rings. The number of hydrogen-bond acceptors (Lipinski definition) is 3. The molecule has 0 aromatic rings. The SMILES string of the molecule is COC1CC(NCC2CCSCC2)C1. The maximum Gasteiger partial charge on any atom is 0.0601 e. The first-order chi connectivity index (χ1) is 6.88. The Kier molecular flexibility index (Phi) is 4.14. The van der Waals surface area contributed by atoms with Gasteiger partial charge in [-0.25, -0.2) is 0 Å². The van der Waals surface area contributed by atoms with Gasteiger partial charge in [-0.1, -0.05) is 0 Å². The summed E-state index contributed by atoms with van der Waals surface area (Å²) >= 11 is 2.11. The van der Waals surface area contributed by atoms with Gasteiger partial charge in [-0.2, -0.15) is 11.8 Å². The van der Waals surface area contributed by atoms with Crippen LogP contribution in [-0.4, -0.2) is 37.3 Å². The van der Waals surface area contributed by atoms with Gasteiger partial charge in [0.15, 0.2) is 0 Å². The molecule has 0 atom stereocenters. The lowest BCUT2D eigenvalue weighted by Gasteiger charge is -2.36. The molecule has 0 aromatic carbocycles. The number of nitrogens with one attached hydrogen (secondary N) is 1. The number of ether oxygens (including phenoxy) is 1. The van der Waals surface area contributed by atoms with E-state index in [-0.39, 0.29) is 0 Å². The van der Waals surface area contributed by atoms with Gasteiger partial charge in [0.25, 0.3) is 0 Å². The van der Waals surface area contributed by atoms with Crippen molar-refractivity contribution in [2.75, 3.05) is 25.2 Å². The molecule has 2 fully saturated rings. The third-order valence-electron chi connectivity index (χ3n) is 3.46. The standard InChI is InChI=1S/C11H21NOS/c1-13-11-6-10(7-11)12-8-9-2-4-14-5-3-9/h9-12H,2-8H2,1H3. The van der Waals surface area contributed by atoms with Gasteiger partial charge < -0.3 is 10.1 Å². The van der Waals surface area contributed by atoms with E-state index in [9.17, 15) is 0 Å². The highest BCUT2D eigenvalue weighted by Gasteiger charge is 2.28. The van der Waals surface area contributed by atoms with Crippen molar-refractivity contribution in [1.29, 1.82) is 0 Å². The van der Waals surface area contributed by atoms with E-state index >= 15 is 0 Å². The zero-order valence-corrected chi connectivity index (χ0v) is 9.81. The van der Waals surface area contributed by atoms with Gasteiger partial charge >= 0.3 is 0 Å². The van der Waals surface area contributed by atoms with E-state index in [1.54, 1.807) is 0 Å².